The summed E-state index contributed by atoms with van der Waals surface area (Å²) in [6.07, 6.45) is 1.57. The maximum absolute atomic E-state index is 11.3. The van der Waals surface area contributed by atoms with Crippen molar-refractivity contribution >= 4 is 21.9 Å². The zero-order chi connectivity index (χ0) is 10.6. The molecule has 1 aromatic rings. The monoisotopic (exact) mass is 259 g/mol. The van der Waals surface area contributed by atoms with Gasteiger partial charge in [0.1, 0.15) is 5.56 Å². The third-order valence-corrected chi connectivity index (χ3v) is 1.94. The van der Waals surface area contributed by atoms with E-state index in [0.717, 1.165) is 0 Å². The molecule has 14 heavy (non-hydrogen) atoms. The highest BCUT2D eigenvalue weighted by Gasteiger charge is 2.14. The molecule has 1 heterocycles. The predicted molar refractivity (Wildman–Crippen MR) is 54.4 cm³/mol. The molecular weight excluding hydrogens is 250 g/mol. The summed E-state index contributed by atoms with van der Waals surface area (Å²) in [5.74, 6) is -0.162. The topological polar surface area (TPSA) is 48.4 Å². The first-order valence-corrected chi connectivity index (χ1v) is 4.85. The van der Waals surface area contributed by atoms with Crippen LogP contribution in [0.3, 0.4) is 0 Å². The van der Waals surface area contributed by atoms with Crippen LogP contribution in [0.1, 0.15) is 17.3 Å². The van der Waals surface area contributed by atoms with E-state index < -0.39 is 5.97 Å². The van der Waals surface area contributed by atoms with Crippen molar-refractivity contribution in [2.75, 3.05) is 13.7 Å². The number of ether oxygens (including phenoxy) is 2. The first-order chi connectivity index (χ1) is 6.69. The van der Waals surface area contributed by atoms with Gasteiger partial charge in [0.2, 0.25) is 5.88 Å². The highest BCUT2D eigenvalue weighted by Crippen LogP contribution is 2.20. The summed E-state index contributed by atoms with van der Waals surface area (Å²) in [5, 5.41) is 0. The average Bonchev–Trinajstić information content (AvgIpc) is 2.20. The minimum atomic E-state index is -0.456. The van der Waals surface area contributed by atoms with E-state index in [4.69, 9.17) is 4.74 Å². The van der Waals surface area contributed by atoms with Crippen molar-refractivity contribution in [1.29, 1.82) is 0 Å². The summed E-state index contributed by atoms with van der Waals surface area (Å²) in [6.45, 7) is 2.28. The molecule has 0 N–H and O–H groups in total. The van der Waals surface area contributed by atoms with Crippen LogP contribution in [0.5, 0.6) is 5.88 Å². The molecule has 0 unspecified atom stereocenters. The summed E-state index contributed by atoms with van der Waals surface area (Å²) in [7, 11) is 1.32. The summed E-state index contributed by atoms with van der Waals surface area (Å²) in [5.41, 5.74) is 0.323. The molecule has 5 heteroatoms. The Balaban J connectivity index is 3.08. The van der Waals surface area contributed by atoms with Crippen molar-refractivity contribution in [3.05, 3.63) is 22.3 Å². The van der Waals surface area contributed by atoms with Gasteiger partial charge >= 0.3 is 5.97 Å². The second-order valence-electron chi connectivity index (χ2n) is 2.43. The Morgan fingerprint density at radius 2 is 2.36 bits per heavy atom. The Hall–Kier alpha value is -1.10. The second kappa shape index (κ2) is 4.95. The van der Waals surface area contributed by atoms with Gasteiger partial charge in [0, 0.05) is 10.7 Å². The van der Waals surface area contributed by atoms with Crippen molar-refractivity contribution < 1.29 is 14.3 Å². The maximum atomic E-state index is 11.3. The molecule has 1 aromatic heterocycles. The van der Waals surface area contributed by atoms with Gasteiger partial charge in [0.05, 0.1) is 13.7 Å². The van der Waals surface area contributed by atoms with Crippen molar-refractivity contribution in [2.45, 2.75) is 6.92 Å². The van der Waals surface area contributed by atoms with Gasteiger partial charge in [-0.2, -0.15) is 0 Å². The number of halogens is 1. The molecule has 0 aliphatic heterocycles. The number of methoxy groups -OCH3 is 1. The van der Waals surface area contributed by atoms with E-state index in [2.05, 4.69) is 25.7 Å². The molecule has 0 atom stereocenters. The van der Waals surface area contributed by atoms with Gasteiger partial charge in [-0.3, -0.25) is 0 Å². The Kier molecular flexibility index (Phi) is 3.88. The molecule has 0 bridgehead atoms. The molecule has 1 rings (SSSR count). The molecule has 0 amide bonds. The second-order valence-corrected chi connectivity index (χ2v) is 3.35. The van der Waals surface area contributed by atoms with Crippen LogP contribution in [0.15, 0.2) is 16.7 Å². The largest absolute Gasteiger partial charge is 0.477 e. The van der Waals surface area contributed by atoms with E-state index in [1.807, 2.05) is 6.92 Å². The summed E-state index contributed by atoms with van der Waals surface area (Å²) < 4.78 is 10.5. The van der Waals surface area contributed by atoms with Crippen LogP contribution >= 0.6 is 15.9 Å². The number of hydrogen-bond donors (Lipinski definition) is 0. The molecule has 0 aromatic carbocycles. The van der Waals surface area contributed by atoms with Gasteiger partial charge in [0.15, 0.2) is 0 Å². The third-order valence-electron chi connectivity index (χ3n) is 1.50. The zero-order valence-electron chi connectivity index (χ0n) is 7.91. The zero-order valence-corrected chi connectivity index (χ0v) is 9.50. The standard InChI is InChI=1S/C9H10BrNO3/c1-3-14-8-7(9(12)13-2)4-6(10)5-11-8/h4-5H,3H2,1-2H3. The molecule has 0 saturated heterocycles. The molecule has 4 nitrogen and oxygen atoms in total. The van der Waals surface area contributed by atoms with Crippen LogP contribution in [0.2, 0.25) is 0 Å². The van der Waals surface area contributed by atoms with E-state index in [1.54, 1.807) is 12.3 Å². The lowest BCUT2D eigenvalue weighted by Gasteiger charge is -2.07. The molecular formula is C9H10BrNO3. The number of nitrogens with zero attached hydrogens (tertiary/aromatic N) is 1. The van der Waals surface area contributed by atoms with Gasteiger partial charge in [-0.1, -0.05) is 0 Å². The number of aromatic nitrogens is 1. The predicted octanol–water partition coefficient (Wildman–Crippen LogP) is 2.03. The number of carbonyl (C=O) groups excluding carboxylic acids is 1. The SMILES string of the molecule is CCOc1ncc(Br)cc1C(=O)OC. The smallest absolute Gasteiger partial charge is 0.343 e. The fraction of sp³-hybridized carbons (Fsp3) is 0.333. The van der Waals surface area contributed by atoms with Gasteiger partial charge in [-0.25, -0.2) is 9.78 Å². The fourth-order valence-electron chi connectivity index (χ4n) is 0.935. The van der Waals surface area contributed by atoms with E-state index in [9.17, 15) is 4.79 Å². The summed E-state index contributed by atoms with van der Waals surface area (Å²) in [6, 6.07) is 1.61. The van der Waals surface area contributed by atoms with Crippen molar-refractivity contribution in [1.82, 2.24) is 4.98 Å². The number of carbonyl (C=O) groups is 1. The molecule has 0 saturated carbocycles. The van der Waals surface area contributed by atoms with E-state index in [0.29, 0.717) is 22.5 Å². The summed E-state index contributed by atoms with van der Waals surface area (Å²) >= 11 is 3.22. The Labute approximate surface area is 90.4 Å². The fourth-order valence-corrected chi connectivity index (χ4v) is 1.27. The Bertz CT molecular complexity index is 341. The van der Waals surface area contributed by atoms with E-state index in [1.165, 1.54) is 7.11 Å². The quantitative estimate of drug-likeness (QED) is 0.780. The summed E-state index contributed by atoms with van der Waals surface area (Å²) in [4.78, 5) is 15.3. The van der Waals surface area contributed by atoms with Crippen molar-refractivity contribution in [2.24, 2.45) is 0 Å². The lowest BCUT2D eigenvalue weighted by Crippen LogP contribution is -2.07. The van der Waals surface area contributed by atoms with Crippen molar-refractivity contribution in [3.8, 4) is 5.88 Å². The lowest BCUT2D eigenvalue weighted by molar-refractivity contribution is 0.0595. The lowest BCUT2D eigenvalue weighted by atomic mass is 10.3. The normalized spacial score (nSPS) is 9.64. The highest BCUT2D eigenvalue weighted by molar-refractivity contribution is 9.10. The van der Waals surface area contributed by atoms with Gasteiger partial charge in [-0.05, 0) is 28.9 Å². The van der Waals surface area contributed by atoms with Crippen LogP contribution in [0.25, 0.3) is 0 Å². The van der Waals surface area contributed by atoms with E-state index in [-0.39, 0.29) is 0 Å². The molecule has 0 aliphatic carbocycles. The number of esters is 1. The van der Waals surface area contributed by atoms with Crippen LogP contribution in [-0.4, -0.2) is 24.7 Å². The molecule has 0 aliphatic rings. The van der Waals surface area contributed by atoms with Gasteiger partial charge < -0.3 is 9.47 Å². The van der Waals surface area contributed by atoms with Crippen LogP contribution in [0, 0.1) is 0 Å². The number of hydrogen-bond acceptors (Lipinski definition) is 4. The van der Waals surface area contributed by atoms with Gasteiger partial charge in [0.25, 0.3) is 0 Å². The maximum Gasteiger partial charge on any atom is 0.343 e. The Morgan fingerprint density at radius 3 is 2.93 bits per heavy atom. The Morgan fingerprint density at radius 1 is 1.64 bits per heavy atom. The average molecular weight is 260 g/mol. The minimum Gasteiger partial charge on any atom is -0.477 e. The van der Waals surface area contributed by atoms with Crippen LogP contribution in [0.4, 0.5) is 0 Å². The van der Waals surface area contributed by atoms with Gasteiger partial charge in [-0.15, -0.1) is 0 Å². The molecule has 76 valence electrons. The number of pyridine rings is 1. The highest BCUT2D eigenvalue weighted by atomic mass is 79.9. The molecule has 0 spiro atoms. The number of rotatable bonds is 3. The van der Waals surface area contributed by atoms with E-state index >= 15 is 0 Å². The molecule has 0 fully saturated rings. The third kappa shape index (κ3) is 2.45. The molecule has 0 radical (unpaired) electrons. The first-order valence-electron chi connectivity index (χ1n) is 4.05. The minimum absolute atomic E-state index is 0.294. The first kappa shape index (κ1) is 11.0. The van der Waals surface area contributed by atoms with Crippen LogP contribution < -0.4 is 4.74 Å². The van der Waals surface area contributed by atoms with Crippen LogP contribution in [-0.2, 0) is 4.74 Å². The van der Waals surface area contributed by atoms with Crippen molar-refractivity contribution in [3.63, 3.8) is 0 Å².